The molecule has 4 aromatic rings. The third-order valence-corrected chi connectivity index (χ3v) is 5.11. The third-order valence-electron chi connectivity index (χ3n) is 5.11. The van der Waals surface area contributed by atoms with Crippen molar-refractivity contribution in [2.45, 2.75) is 26.2 Å². The van der Waals surface area contributed by atoms with Crippen molar-refractivity contribution in [2.24, 2.45) is 0 Å². The minimum Gasteiger partial charge on any atom is -0.505 e. The molecule has 0 saturated heterocycles. The highest BCUT2D eigenvalue weighted by Gasteiger charge is 2.23. The molecule has 0 amide bonds. The number of phenols is 1. The summed E-state index contributed by atoms with van der Waals surface area (Å²) in [5.74, 6) is 0.936. The lowest BCUT2D eigenvalue weighted by Crippen LogP contribution is -2.09. The Bertz CT molecular complexity index is 1130. The Balaban J connectivity index is 1.89. The second kappa shape index (κ2) is 8.31. The van der Waals surface area contributed by atoms with Crippen molar-refractivity contribution < 1.29 is 9.84 Å². The number of aromatic nitrogens is 2. The van der Waals surface area contributed by atoms with Gasteiger partial charge in [0.15, 0.2) is 0 Å². The van der Waals surface area contributed by atoms with E-state index in [9.17, 15) is 5.11 Å². The summed E-state index contributed by atoms with van der Waals surface area (Å²) >= 11 is 0. The number of aromatic hydroxyl groups is 1. The van der Waals surface area contributed by atoms with E-state index in [-0.39, 0.29) is 11.7 Å². The molecule has 2 aromatic carbocycles. The van der Waals surface area contributed by atoms with Crippen LogP contribution in [-0.2, 0) is 6.42 Å². The standard InChI is InChI=1S/C25H24N2O2/c1-3-29-23-10-5-4-9-20(23)22(16-19-8-6-7-15-26-19)21-14-13-18-12-11-17(2)27-24(18)25(21)28/h4-15,22,28H,3,16H2,1-2H3. The van der Waals surface area contributed by atoms with Gasteiger partial charge < -0.3 is 9.84 Å². The average molecular weight is 384 g/mol. The van der Waals surface area contributed by atoms with E-state index in [1.807, 2.05) is 74.5 Å². The van der Waals surface area contributed by atoms with Gasteiger partial charge in [-0.05, 0) is 38.1 Å². The summed E-state index contributed by atoms with van der Waals surface area (Å²) in [5, 5.41) is 12.1. The molecule has 29 heavy (non-hydrogen) atoms. The number of nitrogens with zero attached hydrogens (tertiary/aromatic N) is 2. The second-order valence-corrected chi connectivity index (χ2v) is 7.08. The average Bonchev–Trinajstić information content (AvgIpc) is 2.75. The summed E-state index contributed by atoms with van der Waals surface area (Å²) in [6, 6.07) is 21.9. The molecule has 0 fully saturated rings. The van der Waals surface area contributed by atoms with E-state index in [0.29, 0.717) is 18.5 Å². The number of fused-ring (bicyclic) bond motifs is 1. The number of pyridine rings is 2. The Hall–Kier alpha value is -3.40. The molecule has 0 saturated carbocycles. The van der Waals surface area contributed by atoms with Gasteiger partial charge >= 0.3 is 0 Å². The lowest BCUT2D eigenvalue weighted by atomic mass is 9.85. The quantitative estimate of drug-likeness (QED) is 0.482. The highest BCUT2D eigenvalue weighted by Crippen LogP contribution is 2.40. The fourth-order valence-electron chi connectivity index (χ4n) is 3.74. The van der Waals surface area contributed by atoms with E-state index in [1.165, 1.54) is 0 Å². The molecule has 1 unspecified atom stereocenters. The Morgan fingerprint density at radius 1 is 0.931 bits per heavy atom. The van der Waals surface area contributed by atoms with Gasteiger partial charge in [0.25, 0.3) is 0 Å². The van der Waals surface area contributed by atoms with E-state index in [0.717, 1.165) is 33.7 Å². The molecule has 0 aliphatic rings. The van der Waals surface area contributed by atoms with Gasteiger partial charge in [-0.15, -0.1) is 0 Å². The zero-order chi connectivity index (χ0) is 20.2. The van der Waals surface area contributed by atoms with Gasteiger partial charge in [0.1, 0.15) is 17.0 Å². The number of ether oxygens (including phenoxy) is 1. The maximum absolute atomic E-state index is 11.2. The lowest BCUT2D eigenvalue weighted by molar-refractivity contribution is 0.335. The van der Waals surface area contributed by atoms with E-state index >= 15 is 0 Å². The molecule has 0 radical (unpaired) electrons. The largest absolute Gasteiger partial charge is 0.505 e. The fraction of sp³-hybridized carbons (Fsp3) is 0.200. The van der Waals surface area contributed by atoms with Gasteiger partial charge in [0.05, 0.1) is 6.61 Å². The first-order chi connectivity index (χ1) is 14.2. The van der Waals surface area contributed by atoms with Crippen molar-refractivity contribution in [3.63, 3.8) is 0 Å². The van der Waals surface area contributed by atoms with Crippen molar-refractivity contribution in [1.29, 1.82) is 0 Å². The van der Waals surface area contributed by atoms with Crippen molar-refractivity contribution in [3.05, 3.63) is 95.4 Å². The Kier molecular flexibility index (Phi) is 5.43. The number of rotatable bonds is 6. The zero-order valence-corrected chi connectivity index (χ0v) is 16.7. The highest BCUT2D eigenvalue weighted by molar-refractivity contribution is 5.86. The normalized spacial score (nSPS) is 12.1. The van der Waals surface area contributed by atoms with Crippen LogP contribution in [0.15, 0.2) is 72.9 Å². The Morgan fingerprint density at radius 2 is 1.72 bits per heavy atom. The van der Waals surface area contributed by atoms with Gasteiger partial charge in [-0.25, -0.2) is 4.98 Å². The smallest absolute Gasteiger partial charge is 0.145 e. The molecular formula is C25H24N2O2. The van der Waals surface area contributed by atoms with E-state index in [2.05, 4.69) is 16.0 Å². The summed E-state index contributed by atoms with van der Waals surface area (Å²) in [4.78, 5) is 9.09. The Labute approximate surface area is 170 Å². The maximum Gasteiger partial charge on any atom is 0.145 e. The summed E-state index contributed by atoms with van der Waals surface area (Å²) < 4.78 is 5.91. The van der Waals surface area contributed by atoms with Crippen LogP contribution in [0, 0.1) is 6.92 Å². The molecular weight excluding hydrogens is 360 g/mol. The van der Waals surface area contributed by atoms with Crippen LogP contribution < -0.4 is 4.74 Å². The van der Waals surface area contributed by atoms with Crippen molar-refractivity contribution in [1.82, 2.24) is 9.97 Å². The van der Waals surface area contributed by atoms with Crippen LogP contribution in [0.3, 0.4) is 0 Å². The third kappa shape index (κ3) is 3.92. The molecule has 146 valence electrons. The van der Waals surface area contributed by atoms with Gasteiger partial charge in [0, 0.05) is 46.4 Å². The molecule has 4 rings (SSSR count). The minimum absolute atomic E-state index is 0.112. The highest BCUT2D eigenvalue weighted by atomic mass is 16.5. The number of hydrogen-bond acceptors (Lipinski definition) is 4. The molecule has 1 atom stereocenters. The summed E-state index contributed by atoms with van der Waals surface area (Å²) in [7, 11) is 0. The van der Waals surface area contributed by atoms with Crippen LogP contribution in [-0.4, -0.2) is 21.7 Å². The molecule has 0 bridgehead atoms. The fourth-order valence-corrected chi connectivity index (χ4v) is 3.74. The number of para-hydroxylation sites is 1. The van der Waals surface area contributed by atoms with Gasteiger partial charge in [-0.1, -0.05) is 42.5 Å². The Morgan fingerprint density at radius 3 is 2.52 bits per heavy atom. The van der Waals surface area contributed by atoms with E-state index < -0.39 is 0 Å². The zero-order valence-electron chi connectivity index (χ0n) is 16.7. The first kappa shape index (κ1) is 18.9. The lowest BCUT2D eigenvalue weighted by Gasteiger charge is -2.22. The molecule has 0 spiro atoms. The molecule has 0 aliphatic carbocycles. The van der Waals surface area contributed by atoms with E-state index in [4.69, 9.17) is 4.74 Å². The second-order valence-electron chi connectivity index (χ2n) is 7.08. The van der Waals surface area contributed by atoms with Crippen LogP contribution in [0.5, 0.6) is 11.5 Å². The maximum atomic E-state index is 11.2. The topological polar surface area (TPSA) is 55.2 Å². The summed E-state index contributed by atoms with van der Waals surface area (Å²) in [5.41, 5.74) is 4.32. The van der Waals surface area contributed by atoms with Crippen molar-refractivity contribution in [2.75, 3.05) is 6.61 Å². The molecule has 2 aromatic heterocycles. The molecule has 1 N–H and O–H groups in total. The number of hydrogen-bond donors (Lipinski definition) is 1. The predicted octanol–water partition coefficient (Wildman–Crippen LogP) is 5.42. The number of benzene rings is 2. The summed E-state index contributed by atoms with van der Waals surface area (Å²) in [6.45, 7) is 4.49. The number of phenolic OH excluding ortho intramolecular Hbond substituents is 1. The van der Waals surface area contributed by atoms with Crippen LogP contribution >= 0.6 is 0 Å². The van der Waals surface area contributed by atoms with Crippen LogP contribution in [0.25, 0.3) is 10.9 Å². The predicted molar refractivity (Wildman–Crippen MR) is 116 cm³/mol. The minimum atomic E-state index is -0.112. The first-order valence-electron chi connectivity index (χ1n) is 9.88. The van der Waals surface area contributed by atoms with Gasteiger partial charge in [0.2, 0.25) is 0 Å². The van der Waals surface area contributed by atoms with Gasteiger partial charge in [-0.2, -0.15) is 0 Å². The monoisotopic (exact) mass is 384 g/mol. The van der Waals surface area contributed by atoms with Gasteiger partial charge in [-0.3, -0.25) is 4.98 Å². The SMILES string of the molecule is CCOc1ccccc1C(Cc1ccccn1)c1ccc2ccc(C)nc2c1O. The summed E-state index contributed by atoms with van der Waals surface area (Å²) in [6.07, 6.45) is 2.45. The van der Waals surface area contributed by atoms with Crippen LogP contribution in [0.4, 0.5) is 0 Å². The molecule has 0 aliphatic heterocycles. The van der Waals surface area contributed by atoms with Crippen molar-refractivity contribution in [3.8, 4) is 11.5 Å². The van der Waals surface area contributed by atoms with Crippen molar-refractivity contribution >= 4 is 10.9 Å². The molecule has 4 nitrogen and oxygen atoms in total. The number of aryl methyl sites for hydroxylation is 1. The molecule has 4 heteroatoms. The first-order valence-corrected chi connectivity index (χ1v) is 9.88. The van der Waals surface area contributed by atoms with Crippen LogP contribution in [0.1, 0.15) is 35.4 Å². The van der Waals surface area contributed by atoms with Crippen LogP contribution in [0.2, 0.25) is 0 Å². The molecule has 2 heterocycles. The van der Waals surface area contributed by atoms with E-state index in [1.54, 1.807) is 6.20 Å².